The van der Waals surface area contributed by atoms with Gasteiger partial charge in [0.15, 0.2) is 0 Å². The molecule has 0 unspecified atom stereocenters. The van der Waals surface area contributed by atoms with Crippen molar-refractivity contribution in [3.8, 4) is 0 Å². The van der Waals surface area contributed by atoms with E-state index in [1.54, 1.807) is 0 Å². The van der Waals surface area contributed by atoms with E-state index in [2.05, 4.69) is 20.3 Å². The van der Waals surface area contributed by atoms with Crippen molar-refractivity contribution in [3.05, 3.63) is 17.0 Å². The van der Waals surface area contributed by atoms with Crippen LogP contribution in [0.3, 0.4) is 0 Å². The van der Waals surface area contributed by atoms with Crippen molar-refractivity contribution in [1.29, 1.82) is 0 Å². The van der Waals surface area contributed by atoms with E-state index in [9.17, 15) is 4.79 Å². The van der Waals surface area contributed by atoms with Crippen LogP contribution < -0.4 is 5.32 Å². The maximum atomic E-state index is 12.5. The Hall–Kier alpha value is -1.31. The summed E-state index contributed by atoms with van der Waals surface area (Å²) in [5.74, 6) is 0.916. The van der Waals surface area contributed by atoms with Crippen molar-refractivity contribution in [1.82, 2.24) is 20.3 Å². The van der Waals surface area contributed by atoms with E-state index in [0.29, 0.717) is 6.04 Å². The summed E-state index contributed by atoms with van der Waals surface area (Å²) in [4.78, 5) is 17.1. The summed E-state index contributed by atoms with van der Waals surface area (Å²) in [6, 6.07) is 0.451. The van der Waals surface area contributed by atoms with Crippen LogP contribution in [0.25, 0.3) is 0 Å². The lowest BCUT2D eigenvalue weighted by molar-refractivity contribution is -0.0158. The third-order valence-electron chi connectivity index (χ3n) is 6.21. The molecular weight excluding hydrogens is 356 g/mol. The van der Waals surface area contributed by atoms with E-state index >= 15 is 0 Å². The third-order valence-corrected chi connectivity index (χ3v) is 6.21. The quantitative estimate of drug-likeness (QED) is 0.865. The summed E-state index contributed by atoms with van der Waals surface area (Å²) in [7, 11) is 0. The monoisotopic (exact) mass is 384 g/mol. The first kappa shape index (κ1) is 19.5. The predicted molar refractivity (Wildman–Crippen MR) is 99.5 cm³/mol. The fraction of sp³-hybridized carbons (Fsp3) is 0.778. The first-order valence-corrected chi connectivity index (χ1v) is 9.38. The standard InChI is InChI=1S/C18H28N4O3.ClH/c1-13-16(14(2)25-20-13)11-21-7-3-15(4-8-21)22-17(23)19-12-18(22)5-9-24-10-6-18;/h15H,3-12H2,1-2H3,(H,19,23);1H. The fourth-order valence-corrected chi connectivity index (χ4v) is 4.63. The van der Waals surface area contributed by atoms with Gasteiger partial charge in [0.05, 0.1) is 11.2 Å². The van der Waals surface area contributed by atoms with Gasteiger partial charge in [-0.05, 0) is 39.5 Å². The minimum Gasteiger partial charge on any atom is -0.381 e. The Balaban J connectivity index is 0.00000196. The average Bonchev–Trinajstić information content (AvgIpc) is 3.11. The van der Waals surface area contributed by atoms with Crippen molar-refractivity contribution in [2.75, 3.05) is 32.8 Å². The number of nitrogens with one attached hydrogen (secondary N) is 1. The molecule has 146 valence electrons. The maximum Gasteiger partial charge on any atom is 0.318 e. The number of likely N-dealkylation sites (tertiary alicyclic amines) is 1. The number of rotatable bonds is 3. The van der Waals surface area contributed by atoms with Gasteiger partial charge in [0.2, 0.25) is 0 Å². The van der Waals surface area contributed by atoms with Gasteiger partial charge in [0, 0.05) is 51.0 Å². The Morgan fingerprint density at radius 1 is 1.23 bits per heavy atom. The Morgan fingerprint density at radius 3 is 2.54 bits per heavy atom. The van der Waals surface area contributed by atoms with Gasteiger partial charge >= 0.3 is 6.03 Å². The number of carbonyl (C=O) groups excluding carboxylic acids is 1. The van der Waals surface area contributed by atoms with E-state index in [1.165, 1.54) is 5.56 Å². The van der Waals surface area contributed by atoms with E-state index in [4.69, 9.17) is 9.26 Å². The van der Waals surface area contributed by atoms with Crippen LogP contribution in [0.2, 0.25) is 0 Å². The summed E-state index contributed by atoms with van der Waals surface area (Å²) in [5.41, 5.74) is 2.17. The zero-order valence-corrected chi connectivity index (χ0v) is 16.4. The van der Waals surface area contributed by atoms with Crippen LogP contribution in [-0.2, 0) is 11.3 Å². The van der Waals surface area contributed by atoms with Crippen molar-refractivity contribution in [2.45, 2.75) is 57.7 Å². The predicted octanol–water partition coefficient (Wildman–Crippen LogP) is 2.25. The van der Waals surface area contributed by atoms with Gasteiger partial charge in [-0.25, -0.2) is 4.79 Å². The first-order valence-electron chi connectivity index (χ1n) is 9.38. The molecule has 3 saturated heterocycles. The molecule has 3 aliphatic rings. The lowest BCUT2D eigenvalue weighted by Crippen LogP contribution is -2.57. The number of aryl methyl sites for hydroxylation is 2. The molecular formula is C18H29ClN4O3. The van der Waals surface area contributed by atoms with Gasteiger partial charge in [-0.2, -0.15) is 0 Å². The van der Waals surface area contributed by atoms with Crippen LogP contribution in [0.15, 0.2) is 4.52 Å². The summed E-state index contributed by atoms with van der Waals surface area (Å²) < 4.78 is 10.8. The number of ether oxygens (including phenoxy) is 1. The number of hydrogen-bond acceptors (Lipinski definition) is 5. The number of hydrogen-bond donors (Lipinski definition) is 1. The van der Waals surface area contributed by atoms with Gasteiger partial charge in [-0.15, -0.1) is 12.4 Å². The lowest BCUT2D eigenvalue weighted by atomic mass is 9.86. The number of piperidine rings is 1. The summed E-state index contributed by atoms with van der Waals surface area (Å²) in [6.07, 6.45) is 3.95. The van der Waals surface area contributed by atoms with Crippen molar-refractivity contribution >= 4 is 18.4 Å². The molecule has 4 heterocycles. The molecule has 0 aromatic carbocycles. The minimum absolute atomic E-state index is 0. The highest BCUT2D eigenvalue weighted by Crippen LogP contribution is 2.36. The van der Waals surface area contributed by atoms with E-state index in [1.807, 2.05) is 13.8 Å². The Bertz CT molecular complexity index is 617. The lowest BCUT2D eigenvalue weighted by Gasteiger charge is -2.46. The molecule has 1 aromatic rings. The fourth-order valence-electron chi connectivity index (χ4n) is 4.63. The molecule has 1 spiro atoms. The molecule has 2 amide bonds. The first-order chi connectivity index (χ1) is 12.1. The molecule has 0 bridgehead atoms. The second-order valence-electron chi connectivity index (χ2n) is 7.68. The van der Waals surface area contributed by atoms with Crippen LogP contribution in [0, 0.1) is 13.8 Å². The average molecular weight is 385 g/mol. The molecule has 3 aliphatic heterocycles. The maximum absolute atomic E-state index is 12.5. The van der Waals surface area contributed by atoms with Crippen LogP contribution in [0.4, 0.5) is 4.79 Å². The SMILES string of the molecule is Cc1noc(C)c1CN1CCC(N2C(=O)NCC23CCOCC3)CC1.Cl. The molecule has 7 nitrogen and oxygen atoms in total. The molecule has 1 N–H and O–H groups in total. The van der Waals surface area contributed by atoms with E-state index in [0.717, 1.165) is 76.5 Å². The normalized spacial score (nSPS) is 23.9. The van der Waals surface area contributed by atoms with Gasteiger partial charge in [-0.3, -0.25) is 4.90 Å². The number of carbonyl (C=O) groups is 1. The summed E-state index contributed by atoms with van der Waals surface area (Å²) in [5, 5.41) is 7.14. The highest BCUT2D eigenvalue weighted by Gasteiger charge is 2.49. The highest BCUT2D eigenvalue weighted by atomic mass is 35.5. The smallest absolute Gasteiger partial charge is 0.318 e. The molecule has 26 heavy (non-hydrogen) atoms. The van der Waals surface area contributed by atoms with Gasteiger partial charge in [-0.1, -0.05) is 5.16 Å². The van der Waals surface area contributed by atoms with Crippen LogP contribution in [-0.4, -0.2) is 65.4 Å². The minimum atomic E-state index is -0.0240. The number of nitrogens with zero attached hydrogens (tertiary/aromatic N) is 3. The van der Waals surface area contributed by atoms with Gasteiger partial charge in [0.1, 0.15) is 5.76 Å². The molecule has 3 fully saturated rings. The number of amides is 2. The summed E-state index contributed by atoms with van der Waals surface area (Å²) >= 11 is 0. The Kier molecular flexibility index (Phi) is 5.79. The Morgan fingerprint density at radius 2 is 1.92 bits per heavy atom. The highest BCUT2D eigenvalue weighted by molar-refractivity contribution is 5.85. The topological polar surface area (TPSA) is 70.8 Å². The van der Waals surface area contributed by atoms with Gasteiger partial charge in [0.25, 0.3) is 0 Å². The number of halogens is 1. The van der Waals surface area contributed by atoms with Crippen molar-refractivity contribution < 1.29 is 14.1 Å². The zero-order valence-electron chi connectivity index (χ0n) is 15.6. The van der Waals surface area contributed by atoms with Crippen LogP contribution in [0.5, 0.6) is 0 Å². The van der Waals surface area contributed by atoms with Crippen molar-refractivity contribution in [2.24, 2.45) is 0 Å². The molecule has 8 heteroatoms. The summed E-state index contributed by atoms with van der Waals surface area (Å²) in [6.45, 7) is 9.17. The van der Waals surface area contributed by atoms with E-state index < -0.39 is 0 Å². The third kappa shape index (κ3) is 3.44. The molecule has 0 aliphatic carbocycles. The van der Waals surface area contributed by atoms with Crippen molar-refractivity contribution in [3.63, 3.8) is 0 Å². The van der Waals surface area contributed by atoms with Crippen LogP contribution >= 0.6 is 12.4 Å². The molecule has 4 rings (SSSR count). The molecule has 0 radical (unpaired) electrons. The van der Waals surface area contributed by atoms with Gasteiger partial charge < -0.3 is 19.5 Å². The number of aromatic nitrogens is 1. The van der Waals surface area contributed by atoms with E-state index in [-0.39, 0.29) is 24.0 Å². The molecule has 0 saturated carbocycles. The second-order valence-corrected chi connectivity index (χ2v) is 7.68. The second kappa shape index (κ2) is 7.74. The molecule has 1 aromatic heterocycles. The Labute approximate surface area is 160 Å². The molecule has 0 atom stereocenters. The van der Waals surface area contributed by atoms with Crippen LogP contribution in [0.1, 0.15) is 42.7 Å². The number of urea groups is 1. The largest absolute Gasteiger partial charge is 0.381 e. The zero-order chi connectivity index (χ0) is 17.4.